The van der Waals surface area contributed by atoms with E-state index in [2.05, 4.69) is 38.5 Å². The summed E-state index contributed by atoms with van der Waals surface area (Å²) in [7, 11) is 0. The molecule has 0 aliphatic rings. The predicted octanol–water partition coefficient (Wildman–Crippen LogP) is -2.31. The smallest absolute Gasteiger partial charge is 0.246 e. The standard InChI is InChI=1S/C41H75N7O15/c1-33(2)36(48-28-34(3)49)7-4-5-10-43-39(53)30-61-24-22-59-18-14-47-41(55)32-63-26-21-57-16-12-45-38(52)9-6-8-37(51)44-11-15-56-20-25-62-31-40(54)46-13-17-58-19-23-60-29-35(50)27-42/h36,48H,1,4-32,42H2,2-3H3,(H,43,53)(H,44,51)(H,45,52)(H,46,54)(H,47,55). The summed E-state index contributed by atoms with van der Waals surface area (Å²) in [5, 5.41) is 16.7. The van der Waals surface area contributed by atoms with E-state index in [-0.39, 0.29) is 166 Å². The summed E-state index contributed by atoms with van der Waals surface area (Å²) in [5.41, 5.74) is 6.15. The van der Waals surface area contributed by atoms with E-state index in [4.69, 9.17) is 43.6 Å². The van der Waals surface area contributed by atoms with Crippen LogP contribution in [0, 0.1) is 0 Å². The van der Waals surface area contributed by atoms with E-state index >= 15 is 0 Å². The van der Waals surface area contributed by atoms with Crippen molar-refractivity contribution in [3.63, 3.8) is 0 Å². The summed E-state index contributed by atoms with van der Waals surface area (Å²) in [6.45, 7) is 12.1. The second-order valence-corrected chi connectivity index (χ2v) is 14.0. The van der Waals surface area contributed by atoms with Crippen LogP contribution in [0.1, 0.15) is 52.4 Å². The lowest BCUT2D eigenvalue weighted by Gasteiger charge is -2.18. The molecule has 0 aromatic carbocycles. The van der Waals surface area contributed by atoms with Gasteiger partial charge in [-0.2, -0.15) is 0 Å². The Balaban J connectivity index is 3.49. The first-order valence-electron chi connectivity index (χ1n) is 21.5. The van der Waals surface area contributed by atoms with Gasteiger partial charge in [0, 0.05) is 51.6 Å². The van der Waals surface area contributed by atoms with Crippen molar-refractivity contribution in [2.45, 2.75) is 58.4 Å². The van der Waals surface area contributed by atoms with Crippen molar-refractivity contribution in [1.29, 1.82) is 0 Å². The Morgan fingerprint density at radius 3 is 1.21 bits per heavy atom. The van der Waals surface area contributed by atoms with Gasteiger partial charge in [0.15, 0.2) is 5.78 Å². The minimum absolute atomic E-state index is 0.0429. The lowest BCUT2D eigenvalue weighted by molar-refractivity contribution is -0.127. The summed E-state index contributed by atoms with van der Waals surface area (Å²) < 4.78 is 42.4. The molecule has 63 heavy (non-hydrogen) atoms. The summed E-state index contributed by atoms with van der Waals surface area (Å²) >= 11 is 0. The third-order valence-electron chi connectivity index (χ3n) is 8.19. The maximum Gasteiger partial charge on any atom is 0.246 e. The number of carbonyl (C=O) groups is 7. The number of ketones is 2. The van der Waals surface area contributed by atoms with Crippen molar-refractivity contribution in [3.8, 4) is 0 Å². The molecule has 0 fully saturated rings. The molecular formula is C41H75N7O15. The Morgan fingerprint density at radius 1 is 0.460 bits per heavy atom. The number of ether oxygens (including phenoxy) is 8. The second-order valence-electron chi connectivity index (χ2n) is 14.0. The zero-order valence-corrected chi connectivity index (χ0v) is 37.5. The lowest BCUT2D eigenvalue weighted by atomic mass is 10.0. The molecule has 1 atom stereocenters. The van der Waals surface area contributed by atoms with Crippen LogP contribution >= 0.6 is 0 Å². The van der Waals surface area contributed by atoms with Gasteiger partial charge in [-0.3, -0.25) is 33.6 Å². The highest BCUT2D eigenvalue weighted by Gasteiger charge is 2.10. The number of rotatable bonds is 46. The van der Waals surface area contributed by atoms with Crippen LogP contribution < -0.4 is 37.6 Å². The fourth-order valence-corrected chi connectivity index (χ4v) is 4.90. The molecule has 5 amide bonds. The molecule has 1 unspecified atom stereocenters. The van der Waals surface area contributed by atoms with E-state index in [1.807, 2.05) is 6.92 Å². The minimum atomic E-state index is -0.302. The molecule has 364 valence electrons. The van der Waals surface area contributed by atoms with Gasteiger partial charge in [0.2, 0.25) is 29.5 Å². The van der Waals surface area contributed by atoms with E-state index in [9.17, 15) is 33.6 Å². The second kappa shape index (κ2) is 43.3. The van der Waals surface area contributed by atoms with Crippen LogP contribution in [0.15, 0.2) is 12.2 Å². The van der Waals surface area contributed by atoms with Gasteiger partial charge in [0.1, 0.15) is 32.2 Å². The van der Waals surface area contributed by atoms with Crippen LogP contribution in [0.2, 0.25) is 0 Å². The number of Topliss-reactive ketones (excluding diaryl/α,β-unsaturated/α-hetero) is 2. The number of hydrogen-bond acceptors (Lipinski definition) is 17. The molecule has 0 aliphatic carbocycles. The van der Waals surface area contributed by atoms with Gasteiger partial charge in [-0.1, -0.05) is 12.2 Å². The van der Waals surface area contributed by atoms with E-state index in [0.717, 1.165) is 24.8 Å². The van der Waals surface area contributed by atoms with E-state index < -0.39 is 0 Å². The quantitative estimate of drug-likeness (QED) is 0.0250. The molecule has 0 rings (SSSR count). The normalized spacial score (nSPS) is 11.4. The van der Waals surface area contributed by atoms with Gasteiger partial charge in [-0.25, -0.2) is 0 Å². The van der Waals surface area contributed by atoms with Gasteiger partial charge >= 0.3 is 0 Å². The average molecular weight is 906 g/mol. The number of nitrogens with two attached hydrogens (primary N) is 1. The monoisotopic (exact) mass is 906 g/mol. The molecule has 0 radical (unpaired) electrons. The van der Waals surface area contributed by atoms with Crippen LogP contribution in [0.25, 0.3) is 0 Å². The summed E-state index contributed by atoms with van der Waals surface area (Å²) in [6.07, 6.45) is 3.27. The van der Waals surface area contributed by atoms with Crippen molar-refractivity contribution in [2.24, 2.45) is 5.73 Å². The molecule has 0 saturated carbocycles. The number of amides is 5. The van der Waals surface area contributed by atoms with Crippen LogP contribution in [0.5, 0.6) is 0 Å². The maximum absolute atomic E-state index is 12.0. The topological polar surface area (TPSA) is 292 Å². The predicted molar refractivity (Wildman–Crippen MR) is 231 cm³/mol. The van der Waals surface area contributed by atoms with Crippen molar-refractivity contribution in [3.05, 3.63) is 12.2 Å². The zero-order valence-electron chi connectivity index (χ0n) is 37.5. The first-order chi connectivity index (χ1) is 30.4. The van der Waals surface area contributed by atoms with Gasteiger partial charge in [-0.05, 0) is 39.5 Å². The molecule has 0 aromatic rings. The van der Waals surface area contributed by atoms with Crippen molar-refractivity contribution >= 4 is 41.1 Å². The first kappa shape index (κ1) is 59.0. The summed E-state index contributed by atoms with van der Waals surface area (Å²) in [5.74, 6) is -1.31. The SMILES string of the molecule is C=C(C)C(CCCCNC(=O)COCCOCCNC(=O)COCCOCCNC(=O)CCCC(=O)NCCOCCOCC(=O)NCCOCCOCC(=O)CN)NCC(C)=O. The van der Waals surface area contributed by atoms with E-state index in [0.29, 0.717) is 52.4 Å². The average Bonchev–Trinajstić information content (AvgIpc) is 3.25. The molecule has 0 bridgehead atoms. The highest BCUT2D eigenvalue weighted by atomic mass is 16.5. The maximum atomic E-state index is 12.0. The number of unbranched alkanes of at least 4 members (excludes halogenated alkanes) is 1. The highest BCUT2D eigenvalue weighted by Crippen LogP contribution is 2.08. The molecule has 0 spiro atoms. The van der Waals surface area contributed by atoms with Crippen molar-refractivity contribution in [1.82, 2.24) is 31.9 Å². The van der Waals surface area contributed by atoms with Crippen molar-refractivity contribution in [2.75, 3.05) is 152 Å². The third kappa shape index (κ3) is 43.1. The molecule has 0 aliphatic heterocycles. The molecule has 0 heterocycles. The number of nitrogens with one attached hydrogen (secondary N) is 6. The fourth-order valence-electron chi connectivity index (χ4n) is 4.90. The third-order valence-corrected chi connectivity index (χ3v) is 8.19. The molecule has 22 heteroatoms. The number of carbonyl (C=O) groups excluding carboxylic acids is 7. The zero-order chi connectivity index (χ0) is 46.6. The van der Waals surface area contributed by atoms with Gasteiger partial charge < -0.3 is 75.5 Å². The van der Waals surface area contributed by atoms with Crippen LogP contribution in [-0.2, 0) is 71.5 Å². The fraction of sp³-hybridized carbons (Fsp3) is 0.780. The van der Waals surface area contributed by atoms with Crippen molar-refractivity contribution < 1.29 is 71.5 Å². The lowest BCUT2D eigenvalue weighted by Crippen LogP contribution is -2.34. The van der Waals surface area contributed by atoms with Gasteiger partial charge in [0.25, 0.3) is 0 Å². The Morgan fingerprint density at radius 2 is 0.825 bits per heavy atom. The Hall–Kier alpha value is -3.97. The molecule has 0 aromatic heterocycles. The number of hydrogen-bond donors (Lipinski definition) is 7. The summed E-state index contributed by atoms with van der Waals surface area (Å²) in [4.78, 5) is 81.8. The molecule has 0 saturated heterocycles. The van der Waals surface area contributed by atoms with E-state index in [1.54, 1.807) is 0 Å². The molecule has 8 N–H and O–H groups in total. The Kier molecular flexibility index (Phi) is 40.6. The largest absolute Gasteiger partial charge is 0.377 e. The Bertz CT molecular complexity index is 1280. The van der Waals surface area contributed by atoms with Gasteiger partial charge in [0.05, 0.1) is 92.4 Å². The van der Waals surface area contributed by atoms with Gasteiger partial charge in [-0.15, -0.1) is 0 Å². The van der Waals surface area contributed by atoms with Crippen LogP contribution in [-0.4, -0.2) is 199 Å². The van der Waals surface area contributed by atoms with E-state index in [1.165, 1.54) is 6.92 Å². The van der Waals surface area contributed by atoms with Crippen LogP contribution in [0.3, 0.4) is 0 Å². The molecule has 22 nitrogen and oxygen atoms in total. The Labute approximate surface area is 371 Å². The summed E-state index contributed by atoms with van der Waals surface area (Å²) in [6, 6.07) is 0.0770. The minimum Gasteiger partial charge on any atom is -0.377 e. The van der Waals surface area contributed by atoms with Crippen LogP contribution in [0.4, 0.5) is 0 Å². The highest BCUT2D eigenvalue weighted by molar-refractivity contribution is 5.81. The molecular weight excluding hydrogens is 830 g/mol. The first-order valence-corrected chi connectivity index (χ1v) is 21.5.